The van der Waals surface area contributed by atoms with Crippen LogP contribution in [-0.4, -0.2) is 51.0 Å². The first-order valence-corrected chi connectivity index (χ1v) is 10.5. The molecule has 4 rings (SSSR count). The molecule has 0 saturated carbocycles. The quantitative estimate of drug-likeness (QED) is 0.200. The van der Waals surface area contributed by atoms with Crippen molar-refractivity contribution in [3.63, 3.8) is 0 Å². The fourth-order valence-corrected chi connectivity index (χ4v) is 3.36. The zero-order valence-electron chi connectivity index (χ0n) is 18.7. The SMILES string of the molecule is COc1ccc([C@H](Nc2ccc(C(=N)N)cc2)c2nn(-c3ncccn3)c(=O)[nH]2)cc1OCCF. The summed E-state index contributed by atoms with van der Waals surface area (Å²) in [6.45, 7) is -0.798. The number of aromatic amines is 1. The molecule has 0 aliphatic rings. The van der Waals surface area contributed by atoms with Crippen molar-refractivity contribution >= 4 is 11.5 Å². The van der Waals surface area contributed by atoms with Crippen LogP contribution in [0.2, 0.25) is 0 Å². The number of anilines is 1. The number of H-pyrrole nitrogens is 1. The van der Waals surface area contributed by atoms with E-state index < -0.39 is 18.4 Å². The maximum atomic E-state index is 12.8. The molecule has 0 radical (unpaired) electrons. The minimum atomic E-state index is -0.660. The molecule has 1 atom stereocenters. The summed E-state index contributed by atoms with van der Waals surface area (Å²) >= 11 is 0. The van der Waals surface area contributed by atoms with Crippen molar-refractivity contribution < 1.29 is 13.9 Å². The van der Waals surface area contributed by atoms with Gasteiger partial charge in [0.25, 0.3) is 5.95 Å². The molecule has 0 fully saturated rings. The van der Waals surface area contributed by atoms with Crippen LogP contribution in [0, 0.1) is 5.41 Å². The highest BCUT2D eigenvalue weighted by atomic mass is 19.1. The number of ether oxygens (including phenoxy) is 2. The van der Waals surface area contributed by atoms with Gasteiger partial charge in [-0.25, -0.2) is 19.2 Å². The predicted molar refractivity (Wildman–Crippen MR) is 127 cm³/mol. The van der Waals surface area contributed by atoms with Gasteiger partial charge >= 0.3 is 5.69 Å². The van der Waals surface area contributed by atoms with Crippen molar-refractivity contribution in [2.24, 2.45) is 5.73 Å². The Labute approximate surface area is 199 Å². The number of hydrogen-bond acceptors (Lipinski definition) is 8. The van der Waals surface area contributed by atoms with Crippen LogP contribution >= 0.6 is 0 Å². The molecule has 0 aliphatic heterocycles. The maximum absolute atomic E-state index is 12.8. The van der Waals surface area contributed by atoms with Crippen molar-refractivity contribution in [1.29, 1.82) is 5.41 Å². The smallest absolute Gasteiger partial charge is 0.350 e. The number of methoxy groups -OCH3 is 1. The topological polar surface area (TPSA) is 157 Å². The molecule has 2 heterocycles. The average molecular weight is 478 g/mol. The molecule has 0 aliphatic carbocycles. The lowest BCUT2D eigenvalue weighted by Gasteiger charge is -2.20. The molecule has 180 valence electrons. The fraction of sp³-hybridized carbons (Fsp3) is 0.174. The van der Waals surface area contributed by atoms with Gasteiger partial charge in [0.05, 0.1) is 7.11 Å². The van der Waals surface area contributed by atoms with Gasteiger partial charge in [0.2, 0.25) is 0 Å². The van der Waals surface area contributed by atoms with Crippen LogP contribution in [0.1, 0.15) is 23.0 Å². The molecular weight excluding hydrogens is 455 g/mol. The summed E-state index contributed by atoms with van der Waals surface area (Å²) in [6, 6.07) is 13.0. The van der Waals surface area contributed by atoms with Crippen molar-refractivity contribution in [3.05, 3.63) is 88.4 Å². The van der Waals surface area contributed by atoms with Gasteiger partial charge in [-0.3, -0.25) is 10.4 Å². The Balaban J connectivity index is 1.77. The highest BCUT2D eigenvalue weighted by molar-refractivity contribution is 5.95. The van der Waals surface area contributed by atoms with Crippen LogP contribution in [0.5, 0.6) is 11.5 Å². The van der Waals surface area contributed by atoms with Gasteiger partial charge in [0, 0.05) is 23.6 Å². The summed E-state index contributed by atoms with van der Waals surface area (Å²) in [5, 5.41) is 15.3. The molecule has 5 N–H and O–H groups in total. The van der Waals surface area contributed by atoms with E-state index in [0.717, 1.165) is 4.68 Å². The van der Waals surface area contributed by atoms with E-state index in [0.29, 0.717) is 28.3 Å². The Morgan fingerprint density at radius 3 is 2.60 bits per heavy atom. The van der Waals surface area contributed by atoms with Crippen LogP contribution in [0.15, 0.2) is 65.7 Å². The summed E-state index contributed by atoms with van der Waals surface area (Å²) in [7, 11) is 1.49. The first-order valence-electron chi connectivity index (χ1n) is 10.5. The lowest BCUT2D eigenvalue weighted by atomic mass is 10.0. The zero-order chi connectivity index (χ0) is 24.8. The number of rotatable bonds is 10. The van der Waals surface area contributed by atoms with Gasteiger partial charge in [-0.05, 0) is 48.0 Å². The minimum Gasteiger partial charge on any atom is -0.493 e. The van der Waals surface area contributed by atoms with Gasteiger partial charge in [0.1, 0.15) is 25.2 Å². The Morgan fingerprint density at radius 2 is 1.94 bits per heavy atom. The summed E-state index contributed by atoms with van der Waals surface area (Å²) in [6.07, 6.45) is 3.01. The zero-order valence-corrected chi connectivity index (χ0v) is 18.7. The third-order valence-electron chi connectivity index (χ3n) is 5.01. The van der Waals surface area contributed by atoms with Crippen molar-refractivity contribution in [2.75, 3.05) is 25.7 Å². The lowest BCUT2D eigenvalue weighted by molar-refractivity contribution is 0.260. The maximum Gasteiger partial charge on any atom is 0.350 e. The average Bonchev–Trinajstić information content (AvgIpc) is 3.27. The van der Waals surface area contributed by atoms with E-state index in [4.69, 9.17) is 20.6 Å². The van der Waals surface area contributed by atoms with Crippen molar-refractivity contribution in [3.8, 4) is 17.4 Å². The van der Waals surface area contributed by atoms with Crippen LogP contribution < -0.4 is 26.2 Å². The highest BCUT2D eigenvalue weighted by Crippen LogP contribution is 2.33. The molecule has 2 aromatic heterocycles. The van der Waals surface area contributed by atoms with E-state index in [1.54, 1.807) is 48.5 Å². The van der Waals surface area contributed by atoms with Crippen LogP contribution in [0.25, 0.3) is 5.95 Å². The van der Waals surface area contributed by atoms with E-state index >= 15 is 0 Å². The van der Waals surface area contributed by atoms with Crippen LogP contribution in [-0.2, 0) is 0 Å². The number of hydrogen-bond donors (Lipinski definition) is 4. The standard InChI is InChI=1S/C23H23FN8O3/c1-34-17-8-5-15(13-18(17)35-12-9-24)19(29-16-6-3-14(4-7-16)20(25)26)21-30-23(33)32(31-21)22-27-10-2-11-28-22/h2-8,10-11,13,19,29H,9,12H2,1H3,(H3,25,26)(H,30,31,33)/t19-/m0/s1. The Bertz CT molecular complexity index is 1360. The number of benzene rings is 2. The lowest BCUT2D eigenvalue weighted by Crippen LogP contribution is -2.18. The molecule has 12 heteroatoms. The molecule has 0 spiro atoms. The predicted octanol–water partition coefficient (Wildman–Crippen LogP) is 2.19. The van der Waals surface area contributed by atoms with E-state index in [-0.39, 0.29) is 24.2 Å². The van der Waals surface area contributed by atoms with Crippen LogP contribution in [0.3, 0.4) is 0 Å². The number of nitrogens with zero attached hydrogens (tertiary/aromatic N) is 4. The number of amidine groups is 1. The second-order valence-corrected chi connectivity index (χ2v) is 7.29. The molecule has 0 amide bonds. The van der Waals surface area contributed by atoms with Crippen molar-refractivity contribution in [1.82, 2.24) is 24.7 Å². The monoisotopic (exact) mass is 478 g/mol. The van der Waals surface area contributed by atoms with E-state index in [2.05, 4.69) is 25.4 Å². The summed E-state index contributed by atoms with van der Waals surface area (Å²) < 4.78 is 24.7. The molecule has 2 aromatic carbocycles. The first-order chi connectivity index (χ1) is 17.0. The van der Waals surface area contributed by atoms with Gasteiger partial charge in [-0.1, -0.05) is 6.07 Å². The fourth-order valence-electron chi connectivity index (χ4n) is 3.36. The molecule has 4 aromatic rings. The van der Waals surface area contributed by atoms with Crippen molar-refractivity contribution in [2.45, 2.75) is 6.04 Å². The van der Waals surface area contributed by atoms with E-state index in [1.165, 1.54) is 19.5 Å². The van der Waals surface area contributed by atoms with Gasteiger partial charge < -0.3 is 20.5 Å². The summed E-state index contributed by atoms with van der Waals surface area (Å²) in [5.41, 5.74) is 6.93. The van der Waals surface area contributed by atoms with Gasteiger partial charge in [0.15, 0.2) is 17.3 Å². The summed E-state index contributed by atoms with van der Waals surface area (Å²) in [4.78, 5) is 23.6. The second kappa shape index (κ2) is 10.5. The number of nitrogen functional groups attached to an aromatic ring is 1. The van der Waals surface area contributed by atoms with Gasteiger partial charge in [-0.15, -0.1) is 9.78 Å². The third kappa shape index (κ3) is 5.27. The molecule has 0 saturated heterocycles. The minimum absolute atomic E-state index is 0.0520. The highest BCUT2D eigenvalue weighted by Gasteiger charge is 2.22. The molecule has 11 nitrogen and oxygen atoms in total. The summed E-state index contributed by atoms with van der Waals surface area (Å²) in [5.74, 6) is 1.12. The van der Waals surface area contributed by atoms with Gasteiger partial charge in [-0.2, -0.15) is 0 Å². The number of alkyl halides is 1. The Morgan fingerprint density at radius 1 is 1.20 bits per heavy atom. The largest absolute Gasteiger partial charge is 0.493 e. The van der Waals surface area contributed by atoms with E-state index in [9.17, 15) is 9.18 Å². The molecule has 0 bridgehead atoms. The molecule has 0 unspecified atom stereocenters. The number of nitrogens with two attached hydrogens (primary N) is 1. The Hall–Kier alpha value is -4.74. The number of halogens is 1. The molecule has 35 heavy (non-hydrogen) atoms. The number of aromatic nitrogens is 5. The second-order valence-electron chi connectivity index (χ2n) is 7.29. The third-order valence-corrected chi connectivity index (χ3v) is 5.01. The Kier molecular flexibility index (Phi) is 7.00. The molecular formula is C23H23FN8O3. The van der Waals surface area contributed by atoms with Crippen LogP contribution in [0.4, 0.5) is 10.1 Å². The normalized spacial score (nSPS) is 11.6. The first kappa shape index (κ1) is 23.4. The number of nitrogens with one attached hydrogen (secondary N) is 3. The van der Waals surface area contributed by atoms with E-state index in [1.807, 2.05) is 0 Å².